The number of hydrogen-bond acceptors (Lipinski definition) is 5. The van der Waals surface area contributed by atoms with Gasteiger partial charge in [0.2, 0.25) is 5.91 Å². The number of thioether (sulfide) groups is 1. The van der Waals surface area contributed by atoms with Crippen LogP contribution in [0.5, 0.6) is 0 Å². The molecule has 24 heavy (non-hydrogen) atoms. The second-order valence-corrected chi connectivity index (χ2v) is 9.85. The van der Waals surface area contributed by atoms with Gasteiger partial charge in [0.1, 0.15) is 0 Å². The summed E-state index contributed by atoms with van der Waals surface area (Å²) in [6.07, 6.45) is 0.736. The number of amides is 1. The zero-order valence-corrected chi connectivity index (χ0v) is 15.6. The molecule has 0 unspecified atom stereocenters. The molecule has 2 aliphatic heterocycles. The highest BCUT2D eigenvalue weighted by Gasteiger charge is 2.34. The molecule has 0 saturated carbocycles. The molecule has 2 heterocycles. The Kier molecular flexibility index (Phi) is 5.52. The molecule has 1 aromatic carbocycles. The third-order valence-electron chi connectivity index (χ3n) is 4.78. The summed E-state index contributed by atoms with van der Waals surface area (Å²) >= 11 is 1.57. The first kappa shape index (κ1) is 17.8. The monoisotopic (exact) mass is 368 g/mol. The average Bonchev–Trinajstić information content (AvgIpc) is 2.94. The van der Waals surface area contributed by atoms with Crippen molar-refractivity contribution in [1.29, 1.82) is 0 Å². The van der Waals surface area contributed by atoms with E-state index in [1.807, 2.05) is 17.0 Å². The van der Waals surface area contributed by atoms with Gasteiger partial charge >= 0.3 is 0 Å². The number of rotatable bonds is 4. The normalized spacial score (nSPS) is 24.2. The molecule has 2 saturated heterocycles. The van der Waals surface area contributed by atoms with E-state index >= 15 is 0 Å². The third-order valence-corrected chi connectivity index (χ3v) is 7.52. The molecule has 0 N–H and O–H groups in total. The highest BCUT2D eigenvalue weighted by atomic mass is 32.2. The maximum Gasteiger partial charge on any atom is 0.233 e. The summed E-state index contributed by atoms with van der Waals surface area (Å²) in [6.45, 7) is 5.00. The minimum absolute atomic E-state index is 0.147. The first-order valence-electron chi connectivity index (χ1n) is 8.35. The van der Waals surface area contributed by atoms with Crippen LogP contribution in [0.4, 0.5) is 0 Å². The van der Waals surface area contributed by atoms with Gasteiger partial charge in [0.25, 0.3) is 0 Å². The van der Waals surface area contributed by atoms with Crippen molar-refractivity contribution in [3.8, 4) is 0 Å². The van der Waals surface area contributed by atoms with E-state index in [1.165, 1.54) is 5.56 Å². The van der Waals surface area contributed by atoms with Gasteiger partial charge in [-0.2, -0.15) is 0 Å². The number of piperazine rings is 1. The molecule has 3 rings (SSSR count). The minimum Gasteiger partial charge on any atom is -0.339 e. The Morgan fingerprint density at radius 2 is 1.83 bits per heavy atom. The zero-order chi connectivity index (χ0) is 17.2. The van der Waals surface area contributed by atoms with Crippen molar-refractivity contribution in [2.45, 2.75) is 24.3 Å². The smallest absolute Gasteiger partial charge is 0.233 e. The van der Waals surface area contributed by atoms with Crippen LogP contribution >= 0.6 is 11.8 Å². The molecule has 132 valence electrons. The van der Waals surface area contributed by atoms with Gasteiger partial charge in [-0.3, -0.25) is 9.69 Å². The Balaban J connectivity index is 1.44. The van der Waals surface area contributed by atoms with Crippen molar-refractivity contribution in [1.82, 2.24) is 9.80 Å². The van der Waals surface area contributed by atoms with Crippen LogP contribution in [0.3, 0.4) is 0 Å². The van der Waals surface area contributed by atoms with E-state index in [4.69, 9.17) is 0 Å². The van der Waals surface area contributed by atoms with Crippen molar-refractivity contribution in [2.24, 2.45) is 0 Å². The molecule has 0 aromatic heterocycles. The van der Waals surface area contributed by atoms with E-state index in [9.17, 15) is 13.2 Å². The van der Waals surface area contributed by atoms with Crippen LogP contribution < -0.4 is 0 Å². The summed E-state index contributed by atoms with van der Waals surface area (Å²) in [5.74, 6) is 1.22. The second-order valence-electron chi connectivity index (χ2n) is 6.58. The Labute approximate surface area is 148 Å². The largest absolute Gasteiger partial charge is 0.339 e. The fourth-order valence-corrected chi connectivity index (χ4v) is 5.83. The van der Waals surface area contributed by atoms with Crippen molar-refractivity contribution in [3.63, 3.8) is 0 Å². The van der Waals surface area contributed by atoms with Crippen LogP contribution in [0.1, 0.15) is 12.0 Å². The number of hydrogen-bond donors (Lipinski definition) is 0. The van der Waals surface area contributed by atoms with Gasteiger partial charge in [-0.05, 0) is 25.5 Å². The molecular weight excluding hydrogens is 344 g/mol. The van der Waals surface area contributed by atoms with E-state index < -0.39 is 9.84 Å². The molecular formula is C17H24N2O3S2. The maximum absolute atomic E-state index is 12.4. The third kappa shape index (κ3) is 4.52. The van der Waals surface area contributed by atoms with Crippen molar-refractivity contribution in [3.05, 3.63) is 29.8 Å². The summed E-state index contributed by atoms with van der Waals surface area (Å²) in [5, 5.41) is 0. The van der Waals surface area contributed by atoms with Crippen LogP contribution in [0.2, 0.25) is 0 Å². The highest BCUT2D eigenvalue weighted by molar-refractivity contribution is 8.00. The van der Waals surface area contributed by atoms with Crippen molar-refractivity contribution in [2.75, 3.05) is 43.4 Å². The lowest BCUT2D eigenvalue weighted by Gasteiger charge is -2.37. The first-order chi connectivity index (χ1) is 11.4. The molecule has 5 nitrogen and oxygen atoms in total. The van der Waals surface area contributed by atoms with Crippen LogP contribution in [0.25, 0.3) is 0 Å². The SMILES string of the molecule is Cc1ccc(SCC(=O)N2CCN([C@@H]3CCS(=O)(=O)C3)CC2)cc1. The molecule has 0 aliphatic carbocycles. The van der Waals surface area contributed by atoms with Gasteiger partial charge in [0, 0.05) is 37.1 Å². The summed E-state index contributed by atoms with van der Waals surface area (Å²) in [5.41, 5.74) is 1.22. The number of benzene rings is 1. The van der Waals surface area contributed by atoms with Gasteiger partial charge in [-0.25, -0.2) is 8.42 Å². The molecule has 0 bridgehead atoms. The quantitative estimate of drug-likeness (QED) is 0.753. The lowest BCUT2D eigenvalue weighted by atomic mass is 10.2. The van der Waals surface area contributed by atoms with Crippen LogP contribution in [-0.4, -0.2) is 73.6 Å². The van der Waals surface area contributed by atoms with E-state index in [-0.39, 0.29) is 17.7 Å². The van der Waals surface area contributed by atoms with Crippen LogP contribution in [0, 0.1) is 6.92 Å². The van der Waals surface area contributed by atoms with E-state index in [0.717, 1.165) is 24.4 Å². The lowest BCUT2D eigenvalue weighted by molar-refractivity contribution is -0.130. The highest BCUT2D eigenvalue weighted by Crippen LogP contribution is 2.21. The second kappa shape index (κ2) is 7.45. The molecule has 2 aliphatic rings. The molecule has 0 radical (unpaired) electrons. The van der Waals surface area contributed by atoms with Crippen LogP contribution in [0.15, 0.2) is 29.2 Å². The predicted molar refractivity (Wildman–Crippen MR) is 97.1 cm³/mol. The fraction of sp³-hybridized carbons (Fsp3) is 0.588. The molecule has 1 aromatic rings. The zero-order valence-electron chi connectivity index (χ0n) is 14.0. The van der Waals surface area contributed by atoms with E-state index in [0.29, 0.717) is 24.6 Å². The van der Waals surface area contributed by atoms with Crippen LogP contribution in [-0.2, 0) is 14.6 Å². The molecule has 7 heteroatoms. The predicted octanol–water partition coefficient (Wildman–Crippen LogP) is 1.42. The number of aryl methyl sites for hydroxylation is 1. The summed E-state index contributed by atoms with van der Waals surface area (Å²) in [4.78, 5) is 17.6. The van der Waals surface area contributed by atoms with Crippen molar-refractivity contribution < 1.29 is 13.2 Å². The number of carbonyl (C=O) groups excluding carboxylic acids is 1. The molecule has 0 spiro atoms. The van der Waals surface area contributed by atoms with Crippen molar-refractivity contribution >= 4 is 27.5 Å². The molecule has 1 atom stereocenters. The maximum atomic E-state index is 12.4. The number of carbonyl (C=O) groups is 1. The first-order valence-corrected chi connectivity index (χ1v) is 11.2. The molecule has 2 fully saturated rings. The Bertz CT molecular complexity index is 680. The van der Waals surface area contributed by atoms with Gasteiger partial charge in [0.15, 0.2) is 9.84 Å². The van der Waals surface area contributed by atoms with Gasteiger partial charge in [-0.15, -0.1) is 11.8 Å². The van der Waals surface area contributed by atoms with E-state index in [1.54, 1.807) is 11.8 Å². The number of sulfone groups is 1. The minimum atomic E-state index is -2.84. The Hall–Kier alpha value is -1.05. The Morgan fingerprint density at radius 3 is 2.42 bits per heavy atom. The average molecular weight is 369 g/mol. The Morgan fingerprint density at radius 1 is 1.17 bits per heavy atom. The fourth-order valence-electron chi connectivity index (χ4n) is 3.27. The number of nitrogens with zero attached hydrogens (tertiary/aromatic N) is 2. The van der Waals surface area contributed by atoms with Gasteiger partial charge < -0.3 is 4.90 Å². The lowest BCUT2D eigenvalue weighted by Crippen LogP contribution is -2.52. The van der Waals surface area contributed by atoms with E-state index in [2.05, 4.69) is 24.0 Å². The van der Waals surface area contributed by atoms with Gasteiger partial charge in [-0.1, -0.05) is 17.7 Å². The standard InChI is InChI=1S/C17H24N2O3S2/c1-14-2-4-16(5-3-14)23-12-17(20)19-9-7-18(8-10-19)15-6-11-24(21,22)13-15/h2-5,15H,6-13H2,1H3/t15-/m1/s1. The molecule has 1 amide bonds. The summed E-state index contributed by atoms with van der Waals surface area (Å²) < 4.78 is 23.2. The summed E-state index contributed by atoms with van der Waals surface area (Å²) in [7, 11) is -2.84. The topological polar surface area (TPSA) is 57.7 Å². The van der Waals surface area contributed by atoms with Gasteiger partial charge in [0.05, 0.1) is 17.3 Å². The summed E-state index contributed by atoms with van der Waals surface area (Å²) in [6, 6.07) is 8.36.